The second-order valence-electron chi connectivity index (χ2n) is 4.10. The standard InChI is InChI=1S/C12H14FN3O4/c13-9-7-8(4-5-10(9)16(19)20)12(18)15-6-2-1-3-11(14)17/h4-5,7H,1-3,6H2,(H2,14,17)(H,15,18). The van der Waals surface area contributed by atoms with Crippen molar-refractivity contribution in [2.45, 2.75) is 19.3 Å². The number of primary amides is 1. The summed E-state index contributed by atoms with van der Waals surface area (Å²) in [5.74, 6) is -2.00. The van der Waals surface area contributed by atoms with E-state index in [1.54, 1.807) is 0 Å². The first-order chi connectivity index (χ1) is 9.41. The second-order valence-corrected chi connectivity index (χ2v) is 4.10. The molecule has 2 amide bonds. The van der Waals surface area contributed by atoms with E-state index in [0.717, 1.165) is 12.1 Å². The van der Waals surface area contributed by atoms with Gasteiger partial charge in [-0.15, -0.1) is 0 Å². The monoisotopic (exact) mass is 283 g/mol. The number of benzene rings is 1. The van der Waals surface area contributed by atoms with Crippen molar-refractivity contribution in [3.8, 4) is 0 Å². The summed E-state index contributed by atoms with van der Waals surface area (Å²) >= 11 is 0. The molecule has 0 atom stereocenters. The molecule has 1 rings (SSSR count). The van der Waals surface area contributed by atoms with Crippen LogP contribution in [0.5, 0.6) is 0 Å². The average Bonchev–Trinajstić information content (AvgIpc) is 2.37. The number of amides is 2. The van der Waals surface area contributed by atoms with E-state index in [1.165, 1.54) is 6.07 Å². The third kappa shape index (κ3) is 4.63. The van der Waals surface area contributed by atoms with Crippen LogP contribution < -0.4 is 11.1 Å². The Morgan fingerprint density at radius 1 is 1.35 bits per heavy atom. The molecular weight excluding hydrogens is 269 g/mol. The molecule has 108 valence electrons. The summed E-state index contributed by atoms with van der Waals surface area (Å²) in [5, 5.41) is 13.0. The smallest absolute Gasteiger partial charge is 0.304 e. The Labute approximate surface area is 114 Å². The van der Waals surface area contributed by atoms with E-state index in [-0.39, 0.29) is 12.0 Å². The van der Waals surface area contributed by atoms with Gasteiger partial charge in [0.25, 0.3) is 5.91 Å². The summed E-state index contributed by atoms with van der Waals surface area (Å²) in [4.78, 5) is 31.7. The lowest BCUT2D eigenvalue weighted by Crippen LogP contribution is -2.24. The zero-order chi connectivity index (χ0) is 15.1. The largest absolute Gasteiger partial charge is 0.370 e. The SMILES string of the molecule is NC(=O)CCCCNC(=O)c1ccc([N+](=O)[O-])c(F)c1. The number of nitrogens with two attached hydrogens (primary N) is 1. The molecule has 3 N–H and O–H groups in total. The highest BCUT2D eigenvalue weighted by atomic mass is 19.1. The average molecular weight is 283 g/mol. The van der Waals surface area contributed by atoms with Crippen LogP contribution in [0.1, 0.15) is 29.6 Å². The lowest BCUT2D eigenvalue weighted by atomic mass is 10.1. The molecule has 20 heavy (non-hydrogen) atoms. The molecule has 0 aromatic heterocycles. The Balaban J connectivity index is 2.50. The van der Waals surface area contributed by atoms with Crippen molar-refractivity contribution in [2.75, 3.05) is 6.54 Å². The Hall–Kier alpha value is -2.51. The highest BCUT2D eigenvalue weighted by Gasteiger charge is 2.16. The van der Waals surface area contributed by atoms with Gasteiger partial charge in [-0.25, -0.2) is 0 Å². The first-order valence-corrected chi connectivity index (χ1v) is 5.92. The maximum atomic E-state index is 13.3. The number of rotatable bonds is 7. The van der Waals surface area contributed by atoms with Gasteiger partial charge in [-0.3, -0.25) is 19.7 Å². The van der Waals surface area contributed by atoms with Crippen molar-refractivity contribution in [2.24, 2.45) is 5.73 Å². The van der Waals surface area contributed by atoms with Gasteiger partial charge < -0.3 is 11.1 Å². The topological polar surface area (TPSA) is 115 Å². The van der Waals surface area contributed by atoms with Crippen LogP contribution in [0, 0.1) is 15.9 Å². The third-order valence-electron chi connectivity index (χ3n) is 2.54. The maximum Gasteiger partial charge on any atom is 0.304 e. The Bertz CT molecular complexity index is 533. The minimum Gasteiger partial charge on any atom is -0.370 e. The predicted molar refractivity (Wildman–Crippen MR) is 68.4 cm³/mol. The number of nitrogens with one attached hydrogen (secondary N) is 1. The number of hydrogen-bond donors (Lipinski definition) is 2. The maximum absolute atomic E-state index is 13.3. The molecule has 0 heterocycles. The molecule has 0 fully saturated rings. The van der Waals surface area contributed by atoms with Crippen LogP contribution in [0.4, 0.5) is 10.1 Å². The molecule has 0 aliphatic heterocycles. The zero-order valence-corrected chi connectivity index (χ0v) is 10.6. The van der Waals surface area contributed by atoms with Gasteiger partial charge in [0.15, 0.2) is 0 Å². The van der Waals surface area contributed by atoms with Crippen LogP contribution >= 0.6 is 0 Å². The summed E-state index contributed by atoms with van der Waals surface area (Å²) in [6.07, 6.45) is 1.34. The van der Waals surface area contributed by atoms with E-state index in [4.69, 9.17) is 5.73 Å². The fraction of sp³-hybridized carbons (Fsp3) is 0.333. The molecule has 0 unspecified atom stereocenters. The molecule has 0 aliphatic carbocycles. The summed E-state index contributed by atoms with van der Waals surface area (Å²) < 4.78 is 13.3. The Morgan fingerprint density at radius 2 is 2.05 bits per heavy atom. The van der Waals surface area contributed by atoms with E-state index >= 15 is 0 Å². The van der Waals surface area contributed by atoms with Crippen LogP contribution in [-0.2, 0) is 4.79 Å². The molecule has 0 saturated heterocycles. The minimum absolute atomic E-state index is 0.00278. The third-order valence-corrected chi connectivity index (χ3v) is 2.54. The number of hydrogen-bond acceptors (Lipinski definition) is 4. The van der Waals surface area contributed by atoms with Crippen molar-refractivity contribution >= 4 is 17.5 Å². The van der Waals surface area contributed by atoms with Gasteiger partial charge in [0.2, 0.25) is 11.7 Å². The number of nitro groups is 1. The summed E-state index contributed by atoms with van der Waals surface area (Å²) in [6, 6.07) is 2.94. The van der Waals surface area contributed by atoms with Crippen LogP contribution in [0.15, 0.2) is 18.2 Å². The fourth-order valence-electron chi connectivity index (χ4n) is 1.52. The van der Waals surface area contributed by atoms with Gasteiger partial charge in [0.05, 0.1) is 4.92 Å². The van der Waals surface area contributed by atoms with E-state index < -0.39 is 28.2 Å². The molecule has 0 bridgehead atoms. The summed E-state index contributed by atoms with van der Waals surface area (Å²) in [5.41, 5.74) is 4.28. The van der Waals surface area contributed by atoms with Crippen molar-refractivity contribution < 1.29 is 18.9 Å². The molecule has 0 spiro atoms. The minimum atomic E-state index is -1.06. The molecule has 0 saturated carbocycles. The van der Waals surface area contributed by atoms with Crippen molar-refractivity contribution in [1.29, 1.82) is 0 Å². The lowest BCUT2D eigenvalue weighted by Gasteiger charge is -2.05. The fourth-order valence-corrected chi connectivity index (χ4v) is 1.52. The second kappa shape index (κ2) is 7.17. The van der Waals surface area contributed by atoms with E-state index in [2.05, 4.69) is 5.32 Å². The first-order valence-electron chi connectivity index (χ1n) is 5.92. The predicted octanol–water partition coefficient (Wildman–Crippen LogP) is 1.12. The van der Waals surface area contributed by atoms with E-state index in [9.17, 15) is 24.1 Å². The zero-order valence-electron chi connectivity index (χ0n) is 10.6. The molecule has 1 aromatic carbocycles. The number of unbranched alkanes of at least 4 members (excludes halogenated alkanes) is 1. The number of halogens is 1. The summed E-state index contributed by atoms with van der Waals surface area (Å²) in [6.45, 7) is 0.310. The quantitative estimate of drug-likeness (QED) is 0.443. The Kier molecular flexibility index (Phi) is 5.57. The van der Waals surface area contributed by atoms with Gasteiger partial charge in [-0.1, -0.05) is 0 Å². The lowest BCUT2D eigenvalue weighted by molar-refractivity contribution is -0.387. The van der Waals surface area contributed by atoms with E-state index in [0.29, 0.717) is 19.4 Å². The van der Waals surface area contributed by atoms with Crippen LogP contribution in [0.3, 0.4) is 0 Å². The molecule has 0 radical (unpaired) electrons. The van der Waals surface area contributed by atoms with Gasteiger partial charge in [0, 0.05) is 24.6 Å². The van der Waals surface area contributed by atoms with Gasteiger partial charge in [0.1, 0.15) is 0 Å². The summed E-state index contributed by atoms with van der Waals surface area (Å²) in [7, 11) is 0. The van der Waals surface area contributed by atoms with Crippen LogP contribution in [-0.4, -0.2) is 23.3 Å². The molecule has 1 aromatic rings. The van der Waals surface area contributed by atoms with E-state index in [1.807, 2.05) is 0 Å². The Morgan fingerprint density at radius 3 is 2.60 bits per heavy atom. The van der Waals surface area contributed by atoms with Gasteiger partial charge in [-0.05, 0) is 25.0 Å². The molecule has 0 aliphatic rings. The number of carbonyl (C=O) groups excluding carboxylic acids is 2. The number of nitro benzene ring substituents is 1. The van der Waals surface area contributed by atoms with Crippen LogP contribution in [0.25, 0.3) is 0 Å². The van der Waals surface area contributed by atoms with Crippen molar-refractivity contribution in [3.63, 3.8) is 0 Å². The highest BCUT2D eigenvalue weighted by molar-refractivity contribution is 5.94. The molecular formula is C12H14FN3O4. The van der Waals surface area contributed by atoms with Gasteiger partial charge >= 0.3 is 5.69 Å². The van der Waals surface area contributed by atoms with Gasteiger partial charge in [-0.2, -0.15) is 4.39 Å². The number of nitrogens with zero attached hydrogens (tertiary/aromatic N) is 1. The number of carbonyl (C=O) groups is 2. The molecule has 7 nitrogen and oxygen atoms in total. The van der Waals surface area contributed by atoms with Crippen LogP contribution in [0.2, 0.25) is 0 Å². The first kappa shape index (κ1) is 15.5. The van der Waals surface area contributed by atoms with Crippen molar-refractivity contribution in [3.05, 3.63) is 39.7 Å². The van der Waals surface area contributed by atoms with Crippen molar-refractivity contribution in [1.82, 2.24) is 5.32 Å². The molecule has 8 heteroatoms. The normalized spacial score (nSPS) is 10.1. The highest BCUT2D eigenvalue weighted by Crippen LogP contribution is 2.17.